The van der Waals surface area contributed by atoms with Crippen molar-refractivity contribution in [2.45, 2.75) is 26.4 Å². The Morgan fingerprint density at radius 2 is 2.00 bits per heavy atom. The summed E-state index contributed by atoms with van der Waals surface area (Å²) >= 11 is 0. The molecule has 1 aromatic carbocycles. The van der Waals surface area contributed by atoms with Gasteiger partial charge in [-0.05, 0) is 17.7 Å². The fourth-order valence-electron chi connectivity index (χ4n) is 1.84. The van der Waals surface area contributed by atoms with Crippen molar-refractivity contribution in [1.82, 2.24) is 14.9 Å². The number of nitrogens with one attached hydrogen (secondary N) is 1. The van der Waals surface area contributed by atoms with Crippen molar-refractivity contribution in [2.24, 2.45) is 0 Å². The molecule has 0 aliphatic rings. The van der Waals surface area contributed by atoms with Crippen molar-refractivity contribution in [3.05, 3.63) is 47.5 Å². The van der Waals surface area contributed by atoms with Crippen molar-refractivity contribution in [2.75, 3.05) is 0 Å². The number of aromatic nitrogens is 2. The zero-order valence-electron chi connectivity index (χ0n) is 11.2. The highest BCUT2D eigenvalue weighted by molar-refractivity contribution is 5.41. The van der Waals surface area contributed by atoms with Crippen LogP contribution in [0.3, 0.4) is 0 Å². The molecule has 0 unspecified atom stereocenters. The van der Waals surface area contributed by atoms with Crippen molar-refractivity contribution in [3.8, 4) is 11.8 Å². The van der Waals surface area contributed by atoms with Gasteiger partial charge >= 0.3 is 0 Å². The zero-order valence-corrected chi connectivity index (χ0v) is 11.2. The van der Waals surface area contributed by atoms with E-state index >= 15 is 0 Å². The number of halogens is 2. The molecule has 0 fully saturated rings. The first-order chi connectivity index (χ1) is 9.52. The van der Waals surface area contributed by atoms with Gasteiger partial charge in [-0.15, -0.1) is 0 Å². The van der Waals surface area contributed by atoms with Gasteiger partial charge in [-0.25, -0.2) is 13.8 Å². The van der Waals surface area contributed by atoms with Gasteiger partial charge in [0.2, 0.25) is 5.82 Å². The Morgan fingerprint density at radius 1 is 1.35 bits per heavy atom. The third kappa shape index (κ3) is 2.83. The second-order valence-electron chi connectivity index (χ2n) is 4.68. The van der Waals surface area contributed by atoms with E-state index in [-0.39, 0.29) is 17.6 Å². The fourth-order valence-corrected chi connectivity index (χ4v) is 1.84. The summed E-state index contributed by atoms with van der Waals surface area (Å²) in [5.41, 5.74) is 0.225. The number of hydrogen-bond donors (Lipinski definition) is 1. The number of rotatable bonds is 4. The molecule has 0 atom stereocenters. The van der Waals surface area contributed by atoms with Crippen LogP contribution in [0, 0.1) is 23.0 Å². The van der Waals surface area contributed by atoms with Gasteiger partial charge in [-0.3, -0.25) is 4.57 Å². The van der Waals surface area contributed by atoms with Crippen molar-refractivity contribution in [3.63, 3.8) is 0 Å². The molecule has 1 N–H and O–H groups in total. The first-order valence-electron chi connectivity index (χ1n) is 6.18. The molecule has 0 aliphatic carbocycles. The maximum absolute atomic E-state index is 14.1. The van der Waals surface area contributed by atoms with Crippen LogP contribution in [0.15, 0.2) is 24.5 Å². The second kappa shape index (κ2) is 5.80. The van der Waals surface area contributed by atoms with Gasteiger partial charge in [-0.1, -0.05) is 13.8 Å². The standard InChI is InChI=1S/C14H14F2N4/c1-9(2)19-8-10-5-11(15)14(12(16)6-10)20-4-3-18-13(20)7-17/h3-6,9,19H,8H2,1-2H3. The molecule has 0 spiro atoms. The lowest BCUT2D eigenvalue weighted by Gasteiger charge is -2.11. The topological polar surface area (TPSA) is 53.6 Å². The average molecular weight is 276 g/mol. The zero-order chi connectivity index (χ0) is 14.7. The molecule has 6 heteroatoms. The summed E-state index contributed by atoms with van der Waals surface area (Å²) in [6.45, 7) is 4.28. The van der Waals surface area contributed by atoms with Gasteiger partial charge in [0.05, 0.1) is 0 Å². The van der Waals surface area contributed by atoms with E-state index in [4.69, 9.17) is 5.26 Å². The highest BCUT2D eigenvalue weighted by Gasteiger charge is 2.16. The lowest BCUT2D eigenvalue weighted by Crippen LogP contribution is -2.22. The van der Waals surface area contributed by atoms with E-state index in [2.05, 4.69) is 10.3 Å². The average Bonchev–Trinajstić information content (AvgIpc) is 2.83. The van der Waals surface area contributed by atoms with E-state index in [0.717, 1.165) is 4.57 Å². The largest absolute Gasteiger partial charge is 0.310 e. The highest BCUT2D eigenvalue weighted by Crippen LogP contribution is 2.21. The predicted molar refractivity (Wildman–Crippen MR) is 70.2 cm³/mol. The van der Waals surface area contributed by atoms with Gasteiger partial charge in [-0.2, -0.15) is 5.26 Å². The van der Waals surface area contributed by atoms with Gasteiger partial charge in [0, 0.05) is 25.0 Å². The second-order valence-corrected chi connectivity index (χ2v) is 4.68. The summed E-state index contributed by atoms with van der Waals surface area (Å²) < 4.78 is 29.3. The van der Waals surface area contributed by atoms with Crippen LogP contribution in [0.1, 0.15) is 25.2 Å². The molecular weight excluding hydrogens is 262 g/mol. The number of hydrogen-bond acceptors (Lipinski definition) is 3. The third-order valence-electron chi connectivity index (χ3n) is 2.77. The normalized spacial score (nSPS) is 10.8. The van der Waals surface area contributed by atoms with E-state index in [1.807, 2.05) is 13.8 Å². The van der Waals surface area contributed by atoms with Gasteiger partial charge in [0.15, 0.2) is 11.6 Å². The van der Waals surface area contributed by atoms with Crippen LogP contribution >= 0.6 is 0 Å². The maximum Gasteiger partial charge on any atom is 0.217 e. The summed E-state index contributed by atoms with van der Waals surface area (Å²) in [4.78, 5) is 3.73. The van der Waals surface area contributed by atoms with Gasteiger partial charge in [0.1, 0.15) is 11.8 Å². The monoisotopic (exact) mass is 276 g/mol. The van der Waals surface area contributed by atoms with Crippen LogP contribution in [0.4, 0.5) is 8.78 Å². The van der Waals surface area contributed by atoms with Gasteiger partial charge < -0.3 is 5.32 Å². The lowest BCUT2D eigenvalue weighted by molar-refractivity contribution is 0.551. The van der Waals surface area contributed by atoms with E-state index in [1.165, 1.54) is 24.5 Å². The Bertz CT molecular complexity index is 632. The van der Waals surface area contributed by atoms with Crippen LogP contribution in [0.2, 0.25) is 0 Å². The Morgan fingerprint density at radius 3 is 2.55 bits per heavy atom. The molecule has 0 aliphatic heterocycles. The summed E-state index contributed by atoms with van der Waals surface area (Å²) in [5.74, 6) is -1.50. The molecule has 20 heavy (non-hydrogen) atoms. The van der Waals surface area contributed by atoms with E-state index in [0.29, 0.717) is 12.1 Å². The lowest BCUT2D eigenvalue weighted by atomic mass is 10.1. The molecule has 1 aromatic heterocycles. The number of benzene rings is 1. The van der Waals surface area contributed by atoms with Crippen LogP contribution in [-0.4, -0.2) is 15.6 Å². The molecule has 0 bridgehead atoms. The van der Waals surface area contributed by atoms with Crippen LogP contribution in [-0.2, 0) is 6.54 Å². The molecular formula is C14H14F2N4. The van der Waals surface area contributed by atoms with Crippen LogP contribution < -0.4 is 5.32 Å². The first kappa shape index (κ1) is 14.2. The molecule has 0 amide bonds. The smallest absolute Gasteiger partial charge is 0.217 e. The fraction of sp³-hybridized carbons (Fsp3) is 0.286. The third-order valence-corrected chi connectivity index (χ3v) is 2.77. The molecule has 0 radical (unpaired) electrons. The van der Waals surface area contributed by atoms with Gasteiger partial charge in [0.25, 0.3) is 0 Å². The minimum absolute atomic E-state index is 0.0594. The molecule has 104 valence electrons. The quantitative estimate of drug-likeness (QED) is 0.933. The number of nitriles is 1. The summed E-state index contributed by atoms with van der Waals surface area (Å²) in [7, 11) is 0. The summed E-state index contributed by atoms with van der Waals surface area (Å²) in [6.07, 6.45) is 2.68. The van der Waals surface area contributed by atoms with Crippen LogP contribution in [0.25, 0.3) is 5.69 Å². The maximum atomic E-state index is 14.1. The van der Waals surface area contributed by atoms with E-state index < -0.39 is 11.6 Å². The molecule has 0 saturated carbocycles. The minimum Gasteiger partial charge on any atom is -0.310 e. The molecule has 1 heterocycles. The molecule has 4 nitrogen and oxygen atoms in total. The van der Waals surface area contributed by atoms with E-state index in [9.17, 15) is 8.78 Å². The van der Waals surface area contributed by atoms with Crippen molar-refractivity contribution in [1.29, 1.82) is 5.26 Å². The Balaban J connectivity index is 2.40. The van der Waals surface area contributed by atoms with Crippen molar-refractivity contribution >= 4 is 0 Å². The summed E-state index contributed by atoms with van der Waals surface area (Å²) in [5, 5.41) is 12.0. The molecule has 2 rings (SSSR count). The highest BCUT2D eigenvalue weighted by atomic mass is 19.1. The molecule has 2 aromatic rings. The Kier molecular flexibility index (Phi) is 4.11. The predicted octanol–water partition coefficient (Wildman–Crippen LogP) is 2.52. The number of nitrogens with zero attached hydrogens (tertiary/aromatic N) is 3. The Hall–Kier alpha value is -2.26. The Labute approximate surface area is 115 Å². The molecule has 0 saturated heterocycles. The summed E-state index contributed by atoms with van der Waals surface area (Å²) in [6, 6.07) is 4.53. The van der Waals surface area contributed by atoms with Crippen molar-refractivity contribution < 1.29 is 8.78 Å². The SMILES string of the molecule is CC(C)NCc1cc(F)c(-n2ccnc2C#N)c(F)c1. The first-order valence-corrected chi connectivity index (χ1v) is 6.18. The number of imidazole rings is 1. The minimum atomic E-state index is -0.722. The van der Waals surface area contributed by atoms with E-state index in [1.54, 1.807) is 6.07 Å². The van der Waals surface area contributed by atoms with Crippen LogP contribution in [0.5, 0.6) is 0 Å².